The molecule has 0 spiro atoms. The first-order valence-corrected chi connectivity index (χ1v) is 8.99. The Morgan fingerprint density at radius 2 is 2.04 bits per heavy atom. The Morgan fingerprint density at radius 3 is 2.63 bits per heavy atom. The van der Waals surface area contributed by atoms with E-state index in [2.05, 4.69) is 15.4 Å². The smallest absolute Gasteiger partial charge is 0.338 e. The van der Waals surface area contributed by atoms with Gasteiger partial charge < -0.3 is 14.8 Å². The Labute approximate surface area is 157 Å². The van der Waals surface area contributed by atoms with E-state index in [4.69, 9.17) is 9.47 Å². The van der Waals surface area contributed by atoms with Crippen molar-refractivity contribution in [1.29, 1.82) is 0 Å². The first-order chi connectivity index (χ1) is 13.0. The summed E-state index contributed by atoms with van der Waals surface area (Å²) >= 11 is 0. The van der Waals surface area contributed by atoms with Gasteiger partial charge in [0.05, 0.1) is 25.3 Å². The van der Waals surface area contributed by atoms with E-state index in [0.717, 1.165) is 12.8 Å². The maximum absolute atomic E-state index is 12.7. The maximum atomic E-state index is 12.7. The van der Waals surface area contributed by atoms with Crippen LogP contribution in [0, 0.1) is 5.92 Å². The number of esters is 1. The van der Waals surface area contributed by atoms with Crippen LogP contribution in [0.15, 0.2) is 24.5 Å². The van der Waals surface area contributed by atoms with E-state index in [1.807, 2.05) is 6.92 Å². The van der Waals surface area contributed by atoms with Crippen molar-refractivity contribution in [2.24, 2.45) is 13.0 Å². The van der Waals surface area contributed by atoms with Crippen LogP contribution >= 0.6 is 0 Å². The number of nitrogens with one attached hydrogen (secondary N) is 1. The Kier molecular flexibility index (Phi) is 5.73. The molecule has 3 rings (SSSR count). The molecule has 0 unspecified atom stereocenters. The number of hydrogen-bond acceptors (Lipinski definition) is 6. The summed E-state index contributed by atoms with van der Waals surface area (Å²) in [6, 6.07) is 4.41. The third kappa shape index (κ3) is 4.45. The number of carbonyl (C=O) groups is 2. The van der Waals surface area contributed by atoms with E-state index in [0.29, 0.717) is 29.7 Å². The monoisotopic (exact) mass is 372 g/mol. The van der Waals surface area contributed by atoms with Gasteiger partial charge in [0.2, 0.25) is 0 Å². The Balaban J connectivity index is 1.77. The third-order valence-corrected chi connectivity index (χ3v) is 4.78. The van der Waals surface area contributed by atoms with E-state index >= 15 is 0 Å². The molecule has 1 aliphatic rings. The van der Waals surface area contributed by atoms with Crippen molar-refractivity contribution in [2.75, 3.05) is 13.7 Å². The first kappa shape index (κ1) is 18.9. The number of hydrogen-bond donors (Lipinski definition) is 1. The summed E-state index contributed by atoms with van der Waals surface area (Å²) in [4.78, 5) is 28.8. The molecule has 27 heavy (non-hydrogen) atoms. The van der Waals surface area contributed by atoms with Crippen LogP contribution in [0.2, 0.25) is 0 Å². The number of benzene rings is 1. The molecule has 1 saturated carbocycles. The number of aromatic nitrogens is 3. The molecule has 0 saturated heterocycles. The summed E-state index contributed by atoms with van der Waals surface area (Å²) in [6.45, 7) is 2.40. The molecule has 1 heterocycles. The zero-order chi connectivity index (χ0) is 19.4. The Morgan fingerprint density at radius 1 is 1.30 bits per heavy atom. The molecule has 8 nitrogen and oxygen atoms in total. The maximum Gasteiger partial charge on any atom is 0.338 e. The molecule has 0 bridgehead atoms. The molecule has 1 atom stereocenters. The quantitative estimate of drug-likeness (QED) is 0.749. The standard InChI is InChI=1S/C19H24N4O4/c1-12(17-20-11-21-23(17)2)22-18(24)14-7-15(19(25)26-3)9-16(8-14)27-10-13-5-4-6-13/h7-9,11-13H,4-6,10H2,1-3H3,(H,22,24)/t12-/m0/s1. The third-order valence-electron chi connectivity index (χ3n) is 4.78. The van der Waals surface area contributed by atoms with Crippen LogP contribution in [0.4, 0.5) is 0 Å². The van der Waals surface area contributed by atoms with Crippen LogP contribution in [-0.4, -0.2) is 40.4 Å². The number of aryl methyl sites for hydroxylation is 1. The second kappa shape index (κ2) is 8.20. The topological polar surface area (TPSA) is 95.3 Å². The molecule has 2 aromatic rings. The average molecular weight is 372 g/mol. The zero-order valence-corrected chi connectivity index (χ0v) is 15.8. The van der Waals surface area contributed by atoms with Gasteiger partial charge in [-0.15, -0.1) is 0 Å². The normalized spacial score (nSPS) is 14.9. The molecule has 1 aromatic carbocycles. The number of methoxy groups -OCH3 is 1. The van der Waals surface area contributed by atoms with Crippen LogP contribution in [0.25, 0.3) is 0 Å². The van der Waals surface area contributed by atoms with Crippen LogP contribution in [0.5, 0.6) is 5.75 Å². The van der Waals surface area contributed by atoms with Crippen LogP contribution in [0.1, 0.15) is 58.8 Å². The highest BCUT2D eigenvalue weighted by Crippen LogP contribution is 2.28. The highest BCUT2D eigenvalue weighted by atomic mass is 16.5. The van der Waals surface area contributed by atoms with Gasteiger partial charge in [0.25, 0.3) is 5.91 Å². The minimum absolute atomic E-state index is 0.278. The first-order valence-electron chi connectivity index (χ1n) is 8.99. The molecule has 0 radical (unpaired) electrons. The number of carbonyl (C=O) groups excluding carboxylic acids is 2. The molecule has 1 aromatic heterocycles. The molecule has 1 aliphatic carbocycles. The van der Waals surface area contributed by atoms with Gasteiger partial charge in [-0.1, -0.05) is 6.42 Å². The summed E-state index contributed by atoms with van der Waals surface area (Å²) in [6.07, 6.45) is 4.96. The van der Waals surface area contributed by atoms with Gasteiger partial charge in [-0.2, -0.15) is 5.10 Å². The fraction of sp³-hybridized carbons (Fsp3) is 0.474. The minimum atomic E-state index is -0.514. The Hall–Kier alpha value is -2.90. The fourth-order valence-electron chi connectivity index (χ4n) is 2.96. The summed E-state index contributed by atoms with van der Waals surface area (Å²) < 4.78 is 12.2. The number of nitrogens with zero attached hydrogens (tertiary/aromatic N) is 3. The van der Waals surface area contributed by atoms with E-state index in [1.54, 1.807) is 23.9 Å². The molecule has 144 valence electrons. The summed E-state index contributed by atoms with van der Waals surface area (Å²) in [7, 11) is 3.06. The van der Waals surface area contributed by atoms with Gasteiger partial charge in [-0.05, 0) is 43.9 Å². The van der Waals surface area contributed by atoms with Crippen molar-refractivity contribution in [3.05, 3.63) is 41.5 Å². The summed E-state index contributed by atoms with van der Waals surface area (Å²) in [5.74, 6) is 0.819. The lowest BCUT2D eigenvalue weighted by Crippen LogP contribution is -2.29. The van der Waals surface area contributed by atoms with Crippen molar-refractivity contribution in [2.45, 2.75) is 32.2 Å². The van der Waals surface area contributed by atoms with Crippen molar-refractivity contribution < 1.29 is 19.1 Å². The summed E-state index contributed by atoms with van der Waals surface area (Å²) in [5, 5.41) is 6.88. The van der Waals surface area contributed by atoms with Crippen molar-refractivity contribution >= 4 is 11.9 Å². The summed E-state index contributed by atoms with van der Waals surface area (Å²) in [5.41, 5.74) is 0.607. The number of amides is 1. The van der Waals surface area contributed by atoms with E-state index in [9.17, 15) is 9.59 Å². The average Bonchev–Trinajstić information content (AvgIpc) is 3.05. The predicted molar refractivity (Wildman–Crippen MR) is 97.5 cm³/mol. The van der Waals surface area contributed by atoms with Gasteiger partial charge in [0.1, 0.15) is 17.9 Å². The number of rotatable bonds is 7. The van der Waals surface area contributed by atoms with Crippen LogP contribution in [-0.2, 0) is 11.8 Å². The molecular weight excluding hydrogens is 348 g/mol. The van der Waals surface area contributed by atoms with E-state index < -0.39 is 5.97 Å². The highest BCUT2D eigenvalue weighted by molar-refractivity contribution is 5.98. The molecule has 0 aliphatic heterocycles. The highest BCUT2D eigenvalue weighted by Gasteiger charge is 2.20. The minimum Gasteiger partial charge on any atom is -0.493 e. The van der Waals surface area contributed by atoms with E-state index in [1.165, 1.54) is 25.9 Å². The largest absolute Gasteiger partial charge is 0.493 e. The molecular formula is C19H24N4O4. The van der Waals surface area contributed by atoms with Gasteiger partial charge in [0.15, 0.2) is 0 Å². The molecule has 8 heteroatoms. The fourth-order valence-corrected chi connectivity index (χ4v) is 2.96. The molecule has 1 amide bonds. The van der Waals surface area contributed by atoms with E-state index in [-0.39, 0.29) is 17.5 Å². The lowest BCUT2D eigenvalue weighted by Gasteiger charge is -2.25. The molecule has 1 N–H and O–H groups in total. The second-order valence-electron chi connectivity index (χ2n) is 6.78. The number of ether oxygens (including phenoxy) is 2. The van der Waals surface area contributed by atoms with Crippen LogP contribution < -0.4 is 10.1 Å². The van der Waals surface area contributed by atoms with Crippen molar-refractivity contribution in [3.8, 4) is 5.75 Å². The van der Waals surface area contributed by atoms with Gasteiger partial charge in [0, 0.05) is 12.6 Å². The molecule has 1 fully saturated rings. The van der Waals surface area contributed by atoms with Gasteiger partial charge >= 0.3 is 5.97 Å². The predicted octanol–water partition coefficient (Wildman–Crippen LogP) is 2.27. The van der Waals surface area contributed by atoms with Crippen molar-refractivity contribution in [3.63, 3.8) is 0 Å². The SMILES string of the molecule is COC(=O)c1cc(OCC2CCC2)cc(C(=O)N[C@@H](C)c2ncnn2C)c1. The second-order valence-corrected chi connectivity index (χ2v) is 6.78. The van der Waals surface area contributed by atoms with Crippen molar-refractivity contribution in [1.82, 2.24) is 20.1 Å². The lowest BCUT2D eigenvalue weighted by molar-refractivity contribution is 0.0600. The Bertz CT molecular complexity index is 829. The zero-order valence-electron chi connectivity index (χ0n) is 15.8. The lowest BCUT2D eigenvalue weighted by atomic mass is 9.86. The van der Waals surface area contributed by atoms with Gasteiger partial charge in [-0.3, -0.25) is 9.48 Å². The van der Waals surface area contributed by atoms with Gasteiger partial charge in [-0.25, -0.2) is 9.78 Å². The van der Waals surface area contributed by atoms with Crippen LogP contribution in [0.3, 0.4) is 0 Å².